The highest BCUT2D eigenvalue weighted by atomic mass is 127. The molecule has 0 N–H and O–H groups in total. The Kier molecular flexibility index (Phi) is 4.25. The van der Waals surface area contributed by atoms with Gasteiger partial charge in [-0.2, -0.15) is 4.39 Å². The second-order valence-corrected chi connectivity index (χ2v) is 6.59. The molecule has 0 saturated carbocycles. The van der Waals surface area contributed by atoms with Gasteiger partial charge in [0.05, 0.1) is 5.97 Å². The average Bonchev–Trinajstić information content (AvgIpc) is 2.22. The van der Waals surface area contributed by atoms with E-state index in [9.17, 15) is 23.5 Å². The van der Waals surface area contributed by atoms with Crippen LogP contribution in [0.5, 0.6) is 5.75 Å². The number of benzene rings is 1. The number of rotatable bonds is 3. The zero-order valence-corrected chi connectivity index (χ0v) is 11.6. The van der Waals surface area contributed by atoms with Crippen LogP contribution >= 0.6 is 22.6 Å². The van der Waals surface area contributed by atoms with E-state index in [0.717, 1.165) is 12.1 Å². The third-order valence-electron chi connectivity index (χ3n) is 1.95. The minimum absolute atomic E-state index is 0.660. The third-order valence-corrected chi connectivity index (χ3v) is 2.40. The maximum Gasteiger partial charge on any atom is 0.326 e. The van der Waals surface area contributed by atoms with Crippen LogP contribution < -0.4 is 9.84 Å². The van der Waals surface area contributed by atoms with E-state index in [4.69, 9.17) is 0 Å². The second kappa shape index (κ2) is 5.17. The number of carboxylic acids is 1. The molecular weight excluding hydrogens is 361 g/mol. The summed E-state index contributed by atoms with van der Waals surface area (Å²) in [5, 5.41) is 10.4. The van der Waals surface area contributed by atoms with E-state index in [1.54, 1.807) is 22.6 Å². The molecule has 0 aliphatic carbocycles. The molecule has 0 atom stereocenters. The summed E-state index contributed by atoms with van der Waals surface area (Å²) in [5.41, 5.74) is -0.930. The fourth-order valence-corrected chi connectivity index (χ4v) is 1.10. The molecule has 1 aromatic carbocycles. The lowest BCUT2D eigenvalue weighted by Gasteiger charge is -2.15. The van der Waals surface area contributed by atoms with Gasteiger partial charge in [0.2, 0.25) is 5.82 Å². The molecule has 4 nitrogen and oxygen atoms in total. The molecule has 0 saturated heterocycles. The van der Waals surface area contributed by atoms with Crippen LogP contribution in [0.4, 0.5) is 8.78 Å². The molecule has 0 aliphatic rings. The van der Waals surface area contributed by atoms with Crippen LogP contribution in [0.3, 0.4) is 0 Å². The molecule has 0 bridgehead atoms. The predicted molar refractivity (Wildman–Crippen MR) is 64.4 cm³/mol. The van der Waals surface area contributed by atoms with Crippen LogP contribution in [0, 0.1) is 11.6 Å². The molecule has 0 unspecified atom stereocenters. The number of aromatic carboxylic acids is 1. The summed E-state index contributed by atoms with van der Waals surface area (Å²) >= 11 is 1.77. The third kappa shape index (κ3) is 3.15. The number of alkyl halides is 1. The average molecular weight is 369 g/mol. The second-order valence-electron chi connectivity index (χ2n) is 3.89. The fourth-order valence-electron chi connectivity index (χ4n) is 0.989. The maximum atomic E-state index is 13.4. The molecule has 1 rings (SSSR count). The van der Waals surface area contributed by atoms with Crippen molar-refractivity contribution in [3.05, 3.63) is 29.3 Å². The van der Waals surface area contributed by atoms with E-state index >= 15 is 0 Å². The Morgan fingerprint density at radius 3 is 2.28 bits per heavy atom. The quantitative estimate of drug-likeness (QED) is 0.350. The molecular formula is C11H8F2IO4-. The molecule has 0 spiro atoms. The van der Waals surface area contributed by atoms with Gasteiger partial charge in [-0.25, -0.2) is 4.39 Å². The fraction of sp³-hybridized carbons (Fsp3) is 0.273. The number of hydrogen-bond acceptors (Lipinski definition) is 4. The van der Waals surface area contributed by atoms with Crippen LogP contribution in [-0.2, 0) is 4.79 Å². The Hall–Kier alpha value is -1.25. The summed E-state index contributed by atoms with van der Waals surface area (Å²) in [6, 6.07) is 1.64. The smallest absolute Gasteiger partial charge is 0.326 e. The topological polar surface area (TPSA) is 66.4 Å². The molecule has 7 heteroatoms. The van der Waals surface area contributed by atoms with Crippen LogP contribution in [-0.4, -0.2) is 15.4 Å². The zero-order valence-electron chi connectivity index (χ0n) is 9.42. The minimum Gasteiger partial charge on any atom is -0.545 e. The molecule has 0 radical (unpaired) electrons. The highest BCUT2D eigenvalue weighted by Crippen LogP contribution is 2.26. The van der Waals surface area contributed by atoms with Crippen LogP contribution in [0.15, 0.2) is 12.1 Å². The van der Waals surface area contributed by atoms with Gasteiger partial charge < -0.3 is 14.6 Å². The Labute approximate surface area is 115 Å². The van der Waals surface area contributed by atoms with Crippen LogP contribution in [0.1, 0.15) is 24.2 Å². The minimum atomic E-state index is -1.85. The Balaban J connectivity index is 3.11. The van der Waals surface area contributed by atoms with Gasteiger partial charge >= 0.3 is 5.97 Å². The summed E-state index contributed by atoms with van der Waals surface area (Å²) < 4.78 is 30.4. The van der Waals surface area contributed by atoms with Crippen molar-refractivity contribution in [3.63, 3.8) is 0 Å². The Morgan fingerprint density at radius 2 is 1.83 bits per heavy atom. The van der Waals surface area contributed by atoms with Gasteiger partial charge in [0.25, 0.3) is 0 Å². The maximum absolute atomic E-state index is 13.4. The number of carbonyl (C=O) groups is 2. The predicted octanol–water partition coefficient (Wildman–Crippen LogP) is 1.45. The Morgan fingerprint density at radius 1 is 1.28 bits per heavy atom. The van der Waals surface area contributed by atoms with E-state index in [-0.39, 0.29) is 0 Å². The van der Waals surface area contributed by atoms with E-state index in [2.05, 4.69) is 4.74 Å². The molecule has 0 fully saturated rings. The van der Waals surface area contributed by atoms with Crippen molar-refractivity contribution >= 4 is 34.5 Å². The van der Waals surface area contributed by atoms with E-state index < -0.39 is 38.3 Å². The van der Waals surface area contributed by atoms with Gasteiger partial charge in [-0.3, -0.25) is 4.79 Å². The van der Waals surface area contributed by atoms with Crippen molar-refractivity contribution in [2.24, 2.45) is 0 Å². The monoisotopic (exact) mass is 369 g/mol. The molecule has 0 aromatic heterocycles. The first-order chi connectivity index (χ1) is 8.14. The Bertz CT molecular complexity index is 509. The first-order valence-corrected chi connectivity index (χ1v) is 5.83. The summed E-state index contributed by atoms with van der Waals surface area (Å²) in [7, 11) is 0. The summed E-state index contributed by atoms with van der Waals surface area (Å²) in [6.45, 7) is 3.05. The first-order valence-electron chi connectivity index (χ1n) is 4.75. The SMILES string of the molecule is CC(C)(I)C(=O)Oc1ccc(C(=O)[O-])c(F)c1F. The summed E-state index contributed by atoms with van der Waals surface area (Å²) in [6.07, 6.45) is 0. The molecule has 1 aromatic rings. The highest BCUT2D eigenvalue weighted by molar-refractivity contribution is 14.1. The largest absolute Gasteiger partial charge is 0.545 e. The highest BCUT2D eigenvalue weighted by Gasteiger charge is 2.27. The molecule has 98 valence electrons. The van der Waals surface area contributed by atoms with Crippen molar-refractivity contribution in [3.8, 4) is 5.75 Å². The van der Waals surface area contributed by atoms with Gasteiger partial charge in [0, 0.05) is 5.56 Å². The number of halogens is 3. The lowest BCUT2D eigenvalue weighted by molar-refractivity contribution is -0.255. The van der Waals surface area contributed by atoms with Crippen molar-refractivity contribution in [1.82, 2.24) is 0 Å². The molecule has 0 amide bonds. The number of carbonyl (C=O) groups excluding carboxylic acids is 2. The lowest BCUT2D eigenvalue weighted by Crippen LogP contribution is -2.29. The number of esters is 1. The van der Waals surface area contributed by atoms with Gasteiger partial charge in [-0.15, -0.1) is 0 Å². The van der Waals surface area contributed by atoms with Gasteiger partial charge in [-0.05, 0) is 26.0 Å². The standard InChI is InChI=1S/C11H9F2IO4/c1-11(2,14)10(17)18-6-4-3-5(9(15)16)7(12)8(6)13/h3-4H,1-2H3,(H,15,16)/p-1. The van der Waals surface area contributed by atoms with Crippen molar-refractivity contribution < 1.29 is 28.2 Å². The van der Waals surface area contributed by atoms with Gasteiger partial charge in [0.1, 0.15) is 3.42 Å². The summed E-state index contributed by atoms with van der Waals surface area (Å²) in [5.74, 6) is -6.44. The number of hydrogen-bond donors (Lipinski definition) is 0. The molecule has 18 heavy (non-hydrogen) atoms. The first kappa shape index (κ1) is 14.8. The van der Waals surface area contributed by atoms with E-state index in [1.807, 2.05) is 0 Å². The number of ether oxygens (including phenoxy) is 1. The van der Waals surface area contributed by atoms with Crippen molar-refractivity contribution in [2.45, 2.75) is 17.3 Å². The molecule has 0 heterocycles. The van der Waals surface area contributed by atoms with Crippen LogP contribution in [0.25, 0.3) is 0 Å². The summed E-state index contributed by atoms with van der Waals surface area (Å²) in [4.78, 5) is 21.9. The number of carboxylic acid groups (broad SMARTS) is 1. The normalized spacial score (nSPS) is 11.2. The lowest BCUT2D eigenvalue weighted by atomic mass is 10.2. The van der Waals surface area contributed by atoms with Gasteiger partial charge in [0.15, 0.2) is 11.6 Å². The van der Waals surface area contributed by atoms with Crippen molar-refractivity contribution in [1.29, 1.82) is 0 Å². The van der Waals surface area contributed by atoms with E-state index in [0.29, 0.717) is 0 Å². The van der Waals surface area contributed by atoms with Crippen molar-refractivity contribution in [2.75, 3.05) is 0 Å². The zero-order chi connectivity index (χ0) is 14.1. The van der Waals surface area contributed by atoms with E-state index in [1.165, 1.54) is 13.8 Å². The molecule has 0 aliphatic heterocycles. The van der Waals surface area contributed by atoms with Gasteiger partial charge in [-0.1, -0.05) is 22.6 Å². The van der Waals surface area contributed by atoms with Crippen LogP contribution in [0.2, 0.25) is 0 Å².